The fourth-order valence-corrected chi connectivity index (χ4v) is 1.56. The van der Waals surface area contributed by atoms with Crippen molar-refractivity contribution in [3.63, 3.8) is 0 Å². The molecule has 0 fully saturated rings. The number of benzene rings is 1. The molecule has 0 atom stereocenters. The largest absolute Gasteiger partial charge is 0.398 e. The van der Waals surface area contributed by atoms with E-state index in [4.69, 9.17) is 17.3 Å². The molecule has 4 N–H and O–H groups in total. The zero-order valence-corrected chi connectivity index (χ0v) is 9.88. The highest BCUT2D eigenvalue weighted by Gasteiger charge is 2.11. The van der Waals surface area contributed by atoms with E-state index < -0.39 is 0 Å². The number of nitrogens with zero attached hydrogens (tertiary/aromatic N) is 1. The van der Waals surface area contributed by atoms with Crippen molar-refractivity contribution in [2.24, 2.45) is 0 Å². The van der Waals surface area contributed by atoms with Crippen molar-refractivity contribution in [1.82, 2.24) is 10.2 Å². The number of aryl methyl sites for hydroxylation is 1. The number of amides is 1. The van der Waals surface area contributed by atoms with Gasteiger partial charge in [-0.2, -0.15) is 5.10 Å². The molecule has 0 aliphatic carbocycles. The number of nitrogens with two attached hydrogens (primary N) is 1. The third-order valence-electron chi connectivity index (χ3n) is 2.33. The Labute approximate surface area is 103 Å². The van der Waals surface area contributed by atoms with Crippen LogP contribution < -0.4 is 11.1 Å². The molecule has 0 bridgehead atoms. The van der Waals surface area contributed by atoms with E-state index >= 15 is 0 Å². The quantitative estimate of drug-likeness (QED) is 0.715. The van der Waals surface area contributed by atoms with Gasteiger partial charge in [-0.25, -0.2) is 0 Å². The third kappa shape index (κ3) is 2.39. The van der Waals surface area contributed by atoms with Crippen LogP contribution in [0.15, 0.2) is 24.4 Å². The van der Waals surface area contributed by atoms with Crippen LogP contribution in [0.4, 0.5) is 11.4 Å². The molecule has 88 valence electrons. The van der Waals surface area contributed by atoms with Crippen molar-refractivity contribution >= 4 is 28.9 Å². The van der Waals surface area contributed by atoms with Crippen LogP contribution in [0, 0.1) is 6.92 Å². The number of hydrogen-bond acceptors (Lipinski definition) is 3. The topological polar surface area (TPSA) is 83.8 Å². The lowest BCUT2D eigenvalue weighted by Gasteiger charge is -2.06. The normalized spacial score (nSPS) is 10.2. The van der Waals surface area contributed by atoms with Gasteiger partial charge < -0.3 is 11.1 Å². The second kappa shape index (κ2) is 4.47. The second-order valence-corrected chi connectivity index (χ2v) is 4.01. The highest BCUT2D eigenvalue weighted by atomic mass is 35.5. The van der Waals surface area contributed by atoms with Crippen molar-refractivity contribution in [2.45, 2.75) is 6.92 Å². The second-order valence-electron chi connectivity index (χ2n) is 3.60. The van der Waals surface area contributed by atoms with Crippen LogP contribution in [0.3, 0.4) is 0 Å². The summed E-state index contributed by atoms with van der Waals surface area (Å²) in [6.07, 6.45) is 1.48. The molecule has 1 amide bonds. The molecule has 0 unspecified atom stereocenters. The number of aromatic nitrogens is 2. The summed E-state index contributed by atoms with van der Waals surface area (Å²) in [5.74, 6) is -0.239. The summed E-state index contributed by atoms with van der Waals surface area (Å²) in [4.78, 5) is 11.8. The van der Waals surface area contributed by atoms with Gasteiger partial charge in [-0.15, -0.1) is 0 Å². The number of halogens is 1. The van der Waals surface area contributed by atoms with Gasteiger partial charge in [0.1, 0.15) is 0 Å². The Morgan fingerprint density at radius 2 is 2.29 bits per heavy atom. The lowest BCUT2D eigenvalue weighted by molar-refractivity contribution is 0.102. The highest BCUT2D eigenvalue weighted by molar-refractivity contribution is 6.33. The summed E-state index contributed by atoms with van der Waals surface area (Å²) >= 11 is 5.86. The first-order chi connectivity index (χ1) is 8.08. The molecule has 1 aromatic heterocycles. The van der Waals surface area contributed by atoms with Gasteiger partial charge in [0, 0.05) is 11.4 Å². The standard InChI is InChI=1S/C11H11ClN4O/c1-6-8(5-14-16-6)11(17)15-7-2-3-10(13)9(12)4-7/h2-5H,13H2,1H3,(H,14,16)(H,15,17). The predicted octanol–water partition coefficient (Wildman–Crippen LogP) is 2.21. The van der Waals surface area contributed by atoms with E-state index in [2.05, 4.69) is 15.5 Å². The molecule has 0 aliphatic rings. The monoisotopic (exact) mass is 250 g/mol. The minimum absolute atomic E-state index is 0.239. The molecule has 6 heteroatoms. The first-order valence-corrected chi connectivity index (χ1v) is 5.32. The van der Waals surface area contributed by atoms with E-state index in [1.54, 1.807) is 25.1 Å². The fraction of sp³-hybridized carbons (Fsp3) is 0.0909. The van der Waals surface area contributed by atoms with Gasteiger partial charge in [0.05, 0.1) is 22.5 Å². The summed E-state index contributed by atoms with van der Waals surface area (Å²) in [6.45, 7) is 1.78. The number of nitrogens with one attached hydrogen (secondary N) is 2. The van der Waals surface area contributed by atoms with Gasteiger partial charge in [0.2, 0.25) is 0 Å². The minimum Gasteiger partial charge on any atom is -0.398 e. The Bertz CT molecular complexity index is 564. The Hall–Kier alpha value is -2.01. The number of H-pyrrole nitrogens is 1. The summed E-state index contributed by atoms with van der Waals surface area (Å²) in [7, 11) is 0. The number of carbonyl (C=O) groups is 1. The van der Waals surface area contributed by atoms with Crippen molar-refractivity contribution in [3.8, 4) is 0 Å². The molecule has 0 radical (unpaired) electrons. The van der Waals surface area contributed by atoms with Crippen LogP contribution in [0.5, 0.6) is 0 Å². The van der Waals surface area contributed by atoms with Crippen molar-refractivity contribution < 1.29 is 4.79 Å². The van der Waals surface area contributed by atoms with Crippen LogP contribution in [-0.4, -0.2) is 16.1 Å². The number of rotatable bonds is 2. The van der Waals surface area contributed by atoms with Crippen molar-refractivity contribution in [1.29, 1.82) is 0 Å². The van der Waals surface area contributed by atoms with E-state index in [1.807, 2.05) is 0 Å². The van der Waals surface area contributed by atoms with Crippen LogP contribution in [-0.2, 0) is 0 Å². The molecule has 0 spiro atoms. The summed E-state index contributed by atoms with van der Waals surface area (Å²) < 4.78 is 0. The van der Waals surface area contributed by atoms with Crippen LogP contribution >= 0.6 is 11.6 Å². The molecular weight excluding hydrogens is 240 g/mol. The van der Waals surface area contributed by atoms with Gasteiger partial charge in [0.15, 0.2) is 0 Å². The van der Waals surface area contributed by atoms with Crippen LogP contribution in [0.25, 0.3) is 0 Å². The maximum Gasteiger partial charge on any atom is 0.259 e. The molecule has 0 aliphatic heterocycles. The van der Waals surface area contributed by atoms with Gasteiger partial charge in [0.25, 0.3) is 5.91 Å². The number of anilines is 2. The molecular formula is C11H11ClN4O. The Balaban J connectivity index is 2.19. The molecule has 0 saturated carbocycles. The SMILES string of the molecule is Cc1[nH]ncc1C(=O)Nc1ccc(N)c(Cl)c1. The van der Waals surface area contributed by atoms with Gasteiger partial charge in [-0.3, -0.25) is 9.89 Å². The van der Waals surface area contributed by atoms with Crippen LogP contribution in [0.2, 0.25) is 5.02 Å². The van der Waals surface area contributed by atoms with Gasteiger partial charge >= 0.3 is 0 Å². The molecule has 2 aromatic rings. The van der Waals surface area contributed by atoms with Crippen molar-refractivity contribution in [3.05, 3.63) is 40.7 Å². The number of hydrogen-bond donors (Lipinski definition) is 3. The van der Waals surface area contributed by atoms with Gasteiger partial charge in [-0.05, 0) is 25.1 Å². The fourth-order valence-electron chi connectivity index (χ4n) is 1.38. The molecule has 2 rings (SSSR count). The van der Waals surface area contributed by atoms with E-state index in [1.165, 1.54) is 6.20 Å². The Morgan fingerprint density at radius 1 is 1.53 bits per heavy atom. The zero-order chi connectivity index (χ0) is 12.4. The summed E-state index contributed by atoms with van der Waals surface area (Å²) in [6, 6.07) is 4.93. The average molecular weight is 251 g/mol. The Morgan fingerprint density at radius 3 is 2.88 bits per heavy atom. The highest BCUT2D eigenvalue weighted by Crippen LogP contribution is 2.23. The smallest absolute Gasteiger partial charge is 0.259 e. The molecule has 17 heavy (non-hydrogen) atoms. The van der Waals surface area contributed by atoms with Gasteiger partial charge in [-0.1, -0.05) is 11.6 Å². The first kappa shape index (κ1) is 11.5. The molecule has 0 saturated heterocycles. The third-order valence-corrected chi connectivity index (χ3v) is 2.66. The summed E-state index contributed by atoms with van der Waals surface area (Å²) in [5, 5.41) is 9.61. The number of aromatic amines is 1. The number of nitrogen functional groups attached to an aromatic ring is 1. The maximum atomic E-state index is 11.8. The Kier molecular flexibility index (Phi) is 3.01. The first-order valence-electron chi connectivity index (χ1n) is 4.94. The average Bonchev–Trinajstić information content (AvgIpc) is 2.70. The van der Waals surface area contributed by atoms with E-state index in [9.17, 15) is 4.79 Å². The zero-order valence-electron chi connectivity index (χ0n) is 9.12. The molecule has 1 heterocycles. The van der Waals surface area contributed by atoms with E-state index in [0.29, 0.717) is 27.7 Å². The predicted molar refractivity (Wildman–Crippen MR) is 67.1 cm³/mol. The maximum absolute atomic E-state index is 11.8. The number of carbonyl (C=O) groups excluding carboxylic acids is 1. The van der Waals surface area contributed by atoms with Crippen molar-refractivity contribution in [2.75, 3.05) is 11.1 Å². The minimum atomic E-state index is -0.239. The lowest BCUT2D eigenvalue weighted by Crippen LogP contribution is -2.12. The molecule has 5 nitrogen and oxygen atoms in total. The van der Waals surface area contributed by atoms with E-state index in [0.717, 1.165) is 0 Å². The van der Waals surface area contributed by atoms with E-state index in [-0.39, 0.29) is 5.91 Å². The summed E-state index contributed by atoms with van der Waals surface area (Å²) in [5.41, 5.74) is 7.86. The lowest BCUT2D eigenvalue weighted by atomic mass is 10.2. The molecule has 1 aromatic carbocycles. The van der Waals surface area contributed by atoms with Crippen LogP contribution in [0.1, 0.15) is 16.1 Å².